The van der Waals surface area contributed by atoms with Crippen LogP contribution in [-0.2, 0) is 15.7 Å². The molecule has 168 valence electrons. The molecule has 32 heavy (non-hydrogen) atoms. The average molecular weight is 465 g/mol. The fourth-order valence-electron chi connectivity index (χ4n) is 3.07. The molecular formula is C20H18F3N5O3S. The molecule has 2 aromatic heterocycles. The van der Waals surface area contributed by atoms with Crippen LogP contribution in [0.2, 0.25) is 0 Å². The molecule has 3 heterocycles. The summed E-state index contributed by atoms with van der Waals surface area (Å²) in [6, 6.07) is 6.76. The first kappa shape index (κ1) is 22.1. The van der Waals surface area contributed by atoms with Crippen LogP contribution in [0.15, 0.2) is 52.4 Å². The molecule has 1 aliphatic heterocycles. The van der Waals surface area contributed by atoms with E-state index in [2.05, 4.69) is 20.5 Å². The van der Waals surface area contributed by atoms with E-state index >= 15 is 0 Å². The van der Waals surface area contributed by atoms with Gasteiger partial charge in [-0.15, -0.1) is 10.2 Å². The van der Waals surface area contributed by atoms with Gasteiger partial charge in [0.1, 0.15) is 0 Å². The zero-order valence-electron chi connectivity index (χ0n) is 16.6. The maximum Gasteiger partial charge on any atom is 0.416 e. The highest BCUT2D eigenvalue weighted by Gasteiger charge is 2.32. The highest BCUT2D eigenvalue weighted by Crippen LogP contribution is 2.36. The summed E-state index contributed by atoms with van der Waals surface area (Å²) in [7, 11) is 0. The van der Waals surface area contributed by atoms with Crippen molar-refractivity contribution in [3.63, 3.8) is 0 Å². The minimum absolute atomic E-state index is 0.0573. The number of hydrogen-bond donors (Lipinski definition) is 1. The fourth-order valence-corrected chi connectivity index (χ4v) is 3.63. The molecule has 1 fully saturated rings. The lowest BCUT2D eigenvalue weighted by atomic mass is 10.1. The van der Waals surface area contributed by atoms with Crippen LogP contribution in [0.5, 0.6) is 0 Å². The number of carbonyl (C=O) groups excluding carboxylic acids is 1. The Bertz CT molecular complexity index is 1070. The van der Waals surface area contributed by atoms with E-state index in [-0.39, 0.29) is 16.9 Å². The summed E-state index contributed by atoms with van der Waals surface area (Å²) < 4.78 is 50.4. The van der Waals surface area contributed by atoms with Crippen LogP contribution in [0.25, 0.3) is 11.5 Å². The lowest BCUT2D eigenvalue weighted by Crippen LogP contribution is -2.37. The third-order valence-corrected chi connectivity index (χ3v) is 5.41. The largest absolute Gasteiger partial charge is 0.416 e. The van der Waals surface area contributed by atoms with Crippen LogP contribution in [0, 0.1) is 0 Å². The van der Waals surface area contributed by atoms with Gasteiger partial charge in [0.05, 0.1) is 41.5 Å². The Morgan fingerprint density at radius 3 is 2.72 bits per heavy atom. The summed E-state index contributed by atoms with van der Waals surface area (Å²) in [6.45, 7) is 1.65. The Morgan fingerprint density at radius 2 is 2.00 bits per heavy atom. The molecule has 0 radical (unpaired) electrons. The van der Waals surface area contributed by atoms with Gasteiger partial charge in [-0.25, -0.2) is 0 Å². The van der Waals surface area contributed by atoms with E-state index in [0.29, 0.717) is 43.2 Å². The zero-order valence-corrected chi connectivity index (χ0v) is 17.4. The maximum absolute atomic E-state index is 13.2. The third-order valence-electron chi connectivity index (χ3n) is 4.59. The monoisotopic (exact) mass is 465 g/mol. The highest BCUT2D eigenvalue weighted by atomic mass is 32.2. The second-order valence-corrected chi connectivity index (χ2v) is 7.71. The van der Waals surface area contributed by atoms with Gasteiger partial charge >= 0.3 is 6.18 Å². The number of alkyl halides is 3. The number of nitrogens with zero attached hydrogens (tertiary/aromatic N) is 4. The van der Waals surface area contributed by atoms with Crippen molar-refractivity contribution >= 4 is 29.0 Å². The van der Waals surface area contributed by atoms with Crippen molar-refractivity contribution < 1.29 is 27.1 Å². The van der Waals surface area contributed by atoms with Gasteiger partial charge in [-0.05, 0) is 30.3 Å². The summed E-state index contributed by atoms with van der Waals surface area (Å²) in [5.74, 6) is -0.193. The van der Waals surface area contributed by atoms with Gasteiger partial charge < -0.3 is 19.4 Å². The van der Waals surface area contributed by atoms with E-state index in [9.17, 15) is 18.0 Å². The van der Waals surface area contributed by atoms with Crippen molar-refractivity contribution in [2.45, 2.75) is 11.4 Å². The lowest BCUT2D eigenvalue weighted by Gasteiger charge is -2.31. The minimum Gasteiger partial charge on any atom is -0.411 e. The normalized spacial score (nSPS) is 14.4. The molecule has 3 aromatic rings. The molecule has 1 N–H and O–H groups in total. The Balaban J connectivity index is 1.44. The van der Waals surface area contributed by atoms with Crippen molar-refractivity contribution in [1.29, 1.82) is 0 Å². The van der Waals surface area contributed by atoms with Crippen molar-refractivity contribution in [1.82, 2.24) is 15.2 Å². The predicted molar refractivity (Wildman–Crippen MR) is 111 cm³/mol. The Kier molecular flexibility index (Phi) is 6.61. The summed E-state index contributed by atoms with van der Waals surface area (Å²) in [4.78, 5) is 18.2. The van der Waals surface area contributed by atoms with Crippen LogP contribution >= 0.6 is 11.8 Å². The number of benzene rings is 1. The number of aromatic nitrogens is 3. The number of ether oxygens (including phenoxy) is 1. The predicted octanol–water partition coefficient (Wildman–Crippen LogP) is 3.72. The maximum atomic E-state index is 13.2. The highest BCUT2D eigenvalue weighted by molar-refractivity contribution is 7.99. The van der Waals surface area contributed by atoms with Gasteiger partial charge in [0.15, 0.2) is 0 Å². The zero-order chi connectivity index (χ0) is 22.6. The van der Waals surface area contributed by atoms with Crippen LogP contribution in [0.4, 0.5) is 24.5 Å². The molecule has 0 atom stereocenters. The van der Waals surface area contributed by atoms with Gasteiger partial charge in [-0.2, -0.15) is 13.2 Å². The second-order valence-electron chi connectivity index (χ2n) is 6.78. The summed E-state index contributed by atoms with van der Waals surface area (Å²) >= 11 is 1.03. The van der Waals surface area contributed by atoms with Crippen LogP contribution in [-0.4, -0.2) is 53.1 Å². The second kappa shape index (κ2) is 9.57. The Hall–Kier alpha value is -3.12. The fraction of sp³-hybridized carbons (Fsp3) is 0.300. The number of anilines is 2. The molecule has 8 nitrogen and oxygen atoms in total. The number of hydrogen-bond acceptors (Lipinski definition) is 8. The van der Waals surface area contributed by atoms with Crippen molar-refractivity contribution in [2.24, 2.45) is 0 Å². The molecule has 0 bridgehead atoms. The van der Waals surface area contributed by atoms with E-state index in [1.165, 1.54) is 6.07 Å². The van der Waals surface area contributed by atoms with Crippen molar-refractivity contribution in [3.05, 3.63) is 48.3 Å². The lowest BCUT2D eigenvalue weighted by molar-refractivity contribution is -0.137. The molecule has 1 saturated heterocycles. The first-order chi connectivity index (χ1) is 15.4. The number of amides is 1. The average Bonchev–Trinajstić information content (AvgIpc) is 3.28. The van der Waals surface area contributed by atoms with Crippen molar-refractivity contribution in [2.75, 3.05) is 42.3 Å². The van der Waals surface area contributed by atoms with Crippen molar-refractivity contribution in [3.8, 4) is 11.5 Å². The molecule has 12 heteroatoms. The minimum atomic E-state index is -4.48. The number of thioether (sulfide) groups is 1. The SMILES string of the molecule is O=C(CSc1nnc(-c2cccnc2)o1)Nc1ccc(C(F)(F)F)cc1N1CCOCC1. The quantitative estimate of drug-likeness (QED) is 0.551. The number of halogens is 3. The summed E-state index contributed by atoms with van der Waals surface area (Å²) in [5.41, 5.74) is 0.474. The van der Waals surface area contributed by atoms with E-state index in [1.54, 1.807) is 29.4 Å². The van der Waals surface area contributed by atoms with E-state index in [4.69, 9.17) is 9.15 Å². The number of carbonyl (C=O) groups is 1. The van der Waals surface area contributed by atoms with Gasteiger partial charge in [0, 0.05) is 25.5 Å². The van der Waals surface area contributed by atoms with Crippen LogP contribution < -0.4 is 10.2 Å². The van der Waals surface area contributed by atoms with Gasteiger partial charge in [-0.3, -0.25) is 9.78 Å². The topological polar surface area (TPSA) is 93.4 Å². The first-order valence-corrected chi connectivity index (χ1v) is 10.6. The summed E-state index contributed by atoms with van der Waals surface area (Å²) in [5, 5.41) is 10.7. The Morgan fingerprint density at radius 1 is 1.19 bits per heavy atom. The first-order valence-electron chi connectivity index (χ1n) is 9.60. The van der Waals surface area contributed by atoms with Gasteiger partial charge in [-0.1, -0.05) is 11.8 Å². The summed E-state index contributed by atoms with van der Waals surface area (Å²) in [6.07, 6.45) is -1.29. The van der Waals surface area contributed by atoms with Crippen LogP contribution in [0.3, 0.4) is 0 Å². The molecule has 1 aliphatic rings. The van der Waals surface area contributed by atoms with Gasteiger partial charge in [0.25, 0.3) is 5.22 Å². The third kappa shape index (κ3) is 5.37. The molecule has 0 saturated carbocycles. The van der Waals surface area contributed by atoms with E-state index in [1.807, 2.05) is 0 Å². The number of pyridine rings is 1. The molecule has 1 aromatic carbocycles. The molecule has 1 amide bonds. The number of rotatable bonds is 6. The smallest absolute Gasteiger partial charge is 0.411 e. The Labute approximate surface area is 185 Å². The van der Waals surface area contributed by atoms with Gasteiger partial charge in [0.2, 0.25) is 11.8 Å². The molecule has 4 rings (SSSR count). The molecular weight excluding hydrogens is 447 g/mol. The molecule has 0 unspecified atom stereocenters. The standard InChI is InChI=1S/C20H18F3N5O3S/c21-20(22,23)14-3-4-15(16(10-14)28-6-8-30-9-7-28)25-17(29)12-32-19-27-26-18(31-19)13-2-1-5-24-11-13/h1-5,10-11H,6-9,12H2,(H,25,29). The van der Waals surface area contributed by atoms with E-state index in [0.717, 1.165) is 23.9 Å². The van der Waals surface area contributed by atoms with E-state index < -0.39 is 17.6 Å². The number of nitrogens with one attached hydrogen (secondary N) is 1. The molecule has 0 spiro atoms. The van der Waals surface area contributed by atoms with Crippen LogP contribution in [0.1, 0.15) is 5.56 Å². The molecule has 0 aliphatic carbocycles. The number of morpholine rings is 1.